The van der Waals surface area contributed by atoms with Crippen molar-refractivity contribution in [2.45, 2.75) is 18.3 Å². The Morgan fingerprint density at radius 1 is 1.23 bits per heavy atom. The highest BCUT2D eigenvalue weighted by molar-refractivity contribution is 6.15. The van der Waals surface area contributed by atoms with E-state index in [2.05, 4.69) is 12.6 Å². The molecule has 1 nitrogen and oxygen atoms in total. The van der Waals surface area contributed by atoms with Gasteiger partial charge in [0.1, 0.15) is 0 Å². The summed E-state index contributed by atoms with van der Waals surface area (Å²) < 4.78 is 0. The minimum absolute atomic E-state index is 0.0632. The number of hydrogen-bond donors (Lipinski definition) is 0. The summed E-state index contributed by atoms with van der Waals surface area (Å²) in [6, 6.07) is 7.91. The lowest BCUT2D eigenvalue weighted by Gasteiger charge is -2.06. The Bertz CT molecular complexity index is 425. The number of hydrogen-bond acceptors (Lipinski definition) is 1. The summed E-state index contributed by atoms with van der Waals surface area (Å²) in [5.74, 6) is 0.160. The van der Waals surface area contributed by atoms with E-state index in [0.29, 0.717) is 0 Å². The quantitative estimate of drug-likeness (QED) is 0.547. The lowest BCUT2D eigenvalue weighted by Crippen LogP contribution is -2.04. The maximum atomic E-state index is 11.8. The van der Waals surface area contributed by atoms with E-state index >= 15 is 0 Å². The predicted molar refractivity (Wildman–Crippen MR) is 50.8 cm³/mol. The summed E-state index contributed by atoms with van der Waals surface area (Å²) in [5, 5.41) is 0. The van der Waals surface area contributed by atoms with Gasteiger partial charge < -0.3 is 0 Å². The molecule has 1 fully saturated rings. The molecule has 3 rings (SSSR count). The van der Waals surface area contributed by atoms with Crippen LogP contribution < -0.4 is 0 Å². The summed E-state index contributed by atoms with van der Waals surface area (Å²) in [4.78, 5) is 11.8. The average Bonchev–Trinajstić information content (AvgIpc) is 2.93. The Kier molecular flexibility index (Phi) is 1.05. The number of rotatable bonds is 0. The van der Waals surface area contributed by atoms with Crippen molar-refractivity contribution < 1.29 is 4.79 Å². The van der Waals surface area contributed by atoms with Crippen LogP contribution in [-0.4, -0.2) is 5.78 Å². The molecule has 13 heavy (non-hydrogen) atoms. The molecule has 1 spiro atoms. The molecule has 0 bridgehead atoms. The first kappa shape index (κ1) is 7.07. The molecular weight excluding hydrogens is 160 g/mol. The van der Waals surface area contributed by atoms with Crippen LogP contribution in [0.1, 0.15) is 28.8 Å². The van der Waals surface area contributed by atoms with E-state index < -0.39 is 0 Å². The molecule has 1 aromatic rings. The lowest BCUT2D eigenvalue weighted by atomic mass is 9.96. The summed E-state index contributed by atoms with van der Waals surface area (Å²) in [6.45, 7) is 3.92. The maximum Gasteiger partial charge on any atom is 0.189 e. The third-order valence-electron chi connectivity index (χ3n) is 3.29. The summed E-state index contributed by atoms with van der Waals surface area (Å²) in [5.41, 5.74) is 2.97. The maximum absolute atomic E-state index is 11.8. The standard InChI is InChI=1S/C12H10O/c1-8-11(13)9-4-2-3-5-10(9)12(8)6-7-12/h2-5H,1,6-7H2. The highest BCUT2D eigenvalue weighted by Gasteiger charge is 2.54. The van der Waals surface area contributed by atoms with Crippen molar-refractivity contribution in [2.24, 2.45) is 0 Å². The van der Waals surface area contributed by atoms with Crippen molar-refractivity contribution in [1.29, 1.82) is 0 Å². The predicted octanol–water partition coefficient (Wildman–Crippen LogP) is 2.47. The van der Waals surface area contributed by atoms with Gasteiger partial charge in [-0.3, -0.25) is 4.79 Å². The smallest absolute Gasteiger partial charge is 0.189 e. The van der Waals surface area contributed by atoms with Gasteiger partial charge in [0.2, 0.25) is 0 Å². The minimum Gasteiger partial charge on any atom is -0.289 e. The van der Waals surface area contributed by atoms with E-state index in [1.807, 2.05) is 18.2 Å². The monoisotopic (exact) mass is 170 g/mol. The number of ketones is 1. The molecule has 2 aliphatic carbocycles. The van der Waals surface area contributed by atoms with Gasteiger partial charge in [0.15, 0.2) is 5.78 Å². The molecule has 0 amide bonds. The summed E-state index contributed by atoms with van der Waals surface area (Å²) in [6.07, 6.45) is 2.21. The first-order valence-corrected chi connectivity index (χ1v) is 4.59. The molecule has 1 heteroatoms. The van der Waals surface area contributed by atoms with E-state index in [1.54, 1.807) is 0 Å². The van der Waals surface area contributed by atoms with Gasteiger partial charge in [-0.1, -0.05) is 30.8 Å². The van der Waals surface area contributed by atoms with Gasteiger partial charge in [0.25, 0.3) is 0 Å². The molecule has 64 valence electrons. The van der Waals surface area contributed by atoms with Gasteiger partial charge in [0, 0.05) is 16.6 Å². The van der Waals surface area contributed by atoms with E-state index in [0.717, 1.165) is 24.0 Å². The van der Waals surface area contributed by atoms with E-state index in [9.17, 15) is 4.79 Å². The van der Waals surface area contributed by atoms with Crippen molar-refractivity contribution in [1.82, 2.24) is 0 Å². The molecule has 1 aromatic carbocycles. The van der Waals surface area contributed by atoms with Gasteiger partial charge in [-0.25, -0.2) is 0 Å². The zero-order valence-corrected chi connectivity index (χ0v) is 7.34. The molecule has 0 radical (unpaired) electrons. The number of Topliss-reactive ketones (excluding diaryl/α,β-unsaturated/α-hetero) is 1. The fourth-order valence-electron chi connectivity index (χ4n) is 2.34. The fourth-order valence-corrected chi connectivity index (χ4v) is 2.34. The Morgan fingerprint density at radius 2 is 1.92 bits per heavy atom. The summed E-state index contributed by atoms with van der Waals surface area (Å²) in [7, 11) is 0. The number of benzene rings is 1. The van der Waals surface area contributed by atoms with Gasteiger partial charge in [-0.05, 0) is 18.4 Å². The number of fused-ring (bicyclic) bond motifs is 2. The average molecular weight is 170 g/mol. The molecule has 2 aliphatic rings. The molecular formula is C12H10O. The van der Waals surface area contributed by atoms with E-state index in [1.165, 1.54) is 5.56 Å². The molecule has 0 atom stereocenters. The van der Waals surface area contributed by atoms with Crippen molar-refractivity contribution in [3.05, 3.63) is 47.5 Å². The fraction of sp³-hybridized carbons (Fsp3) is 0.250. The van der Waals surface area contributed by atoms with Crippen LogP contribution in [0.5, 0.6) is 0 Å². The molecule has 0 unspecified atom stereocenters. The molecule has 0 N–H and O–H groups in total. The second-order valence-electron chi connectivity index (χ2n) is 3.94. The second kappa shape index (κ2) is 1.92. The Morgan fingerprint density at radius 3 is 2.62 bits per heavy atom. The zero-order chi connectivity index (χ0) is 9.05. The lowest BCUT2D eigenvalue weighted by molar-refractivity contribution is 0.103. The van der Waals surface area contributed by atoms with Crippen LogP contribution >= 0.6 is 0 Å². The van der Waals surface area contributed by atoms with Gasteiger partial charge in [-0.2, -0.15) is 0 Å². The van der Waals surface area contributed by atoms with Crippen LogP contribution in [0.3, 0.4) is 0 Å². The van der Waals surface area contributed by atoms with Gasteiger partial charge in [0.05, 0.1) is 0 Å². The first-order chi connectivity index (χ1) is 6.26. The van der Waals surface area contributed by atoms with Crippen molar-refractivity contribution >= 4 is 5.78 Å². The molecule has 1 saturated carbocycles. The van der Waals surface area contributed by atoms with Crippen molar-refractivity contribution in [3.8, 4) is 0 Å². The third kappa shape index (κ3) is 0.660. The third-order valence-corrected chi connectivity index (χ3v) is 3.29. The van der Waals surface area contributed by atoms with Gasteiger partial charge in [-0.15, -0.1) is 0 Å². The van der Waals surface area contributed by atoms with Crippen molar-refractivity contribution in [3.63, 3.8) is 0 Å². The highest BCUT2D eigenvalue weighted by Crippen LogP contribution is 2.58. The van der Waals surface area contributed by atoms with Crippen LogP contribution in [0.2, 0.25) is 0 Å². The minimum atomic E-state index is 0.0632. The largest absolute Gasteiger partial charge is 0.289 e. The SMILES string of the molecule is C=C1C(=O)c2ccccc2C12CC2. The van der Waals surface area contributed by atoms with E-state index in [-0.39, 0.29) is 11.2 Å². The second-order valence-corrected chi connectivity index (χ2v) is 3.94. The molecule has 0 heterocycles. The van der Waals surface area contributed by atoms with Crippen LogP contribution in [0.25, 0.3) is 0 Å². The van der Waals surface area contributed by atoms with Crippen molar-refractivity contribution in [2.75, 3.05) is 0 Å². The van der Waals surface area contributed by atoms with Crippen LogP contribution in [0.4, 0.5) is 0 Å². The summed E-state index contributed by atoms with van der Waals surface area (Å²) >= 11 is 0. The number of carbonyl (C=O) groups is 1. The van der Waals surface area contributed by atoms with Crippen LogP contribution in [0.15, 0.2) is 36.4 Å². The topological polar surface area (TPSA) is 17.1 Å². The molecule has 0 saturated heterocycles. The first-order valence-electron chi connectivity index (χ1n) is 4.59. The normalized spacial score (nSPS) is 22.2. The van der Waals surface area contributed by atoms with Gasteiger partial charge >= 0.3 is 0 Å². The van der Waals surface area contributed by atoms with E-state index in [4.69, 9.17) is 0 Å². The Hall–Kier alpha value is -1.37. The Balaban J connectivity index is 2.34. The molecule has 0 aliphatic heterocycles. The molecule has 0 aromatic heterocycles. The highest BCUT2D eigenvalue weighted by atomic mass is 16.1. The Labute approximate surface area is 77.1 Å². The number of carbonyl (C=O) groups excluding carboxylic acids is 1. The van der Waals surface area contributed by atoms with Crippen LogP contribution in [0, 0.1) is 0 Å². The van der Waals surface area contributed by atoms with Crippen LogP contribution in [-0.2, 0) is 5.41 Å². The zero-order valence-electron chi connectivity index (χ0n) is 7.34. The number of allylic oxidation sites excluding steroid dienone is 1.